The topological polar surface area (TPSA) is 46.3 Å². The number of hydrogen-bond acceptors (Lipinski definition) is 2. The van der Waals surface area contributed by atoms with E-state index < -0.39 is 0 Å². The second kappa shape index (κ2) is 5.23. The molecule has 0 saturated heterocycles. The van der Waals surface area contributed by atoms with E-state index in [1.807, 2.05) is 30.3 Å². The van der Waals surface area contributed by atoms with Crippen molar-refractivity contribution < 1.29 is 4.79 Å². The van der Waals surface area contributed by atoms with E-state index in [0.29, 0.717) is 11.3 Å². The maximum Gasteiger partial charge on any atom is 0.259 e. The zero-order chi connectivity index (χ0) is 13.1. The molecule has 2 N–H and O–H groups in total. The fraction of sp³-hybridized carbons (Fsp3) is 0.0714. The summed E-state index contributed by atoms with van der Waals surface area (Å²) < 4.78 is 0.789. The Balaban J connectivity index is 2.29. The van der Waals surface area contributed by atoms with E-state index >= 15 is 0 Å². The standard InChI is InChI=1S/C14H13BrN2O/c1-17(11-8-6-10(16)7-9-11)14(18)12-4-2-3-5-13(12)15/h2-9H,16H2,1H3. The SMILES string of the molecule is CN(C(=O)c1ccccc1Br)c1ccc(N)cc1. The molecule has 0 saturated carbocycles. The van der Waals surface area contributed by atoms with Gasteiger partial charge in [0.1, 0.15) is 0 Å². The van der Waals surface area contributed by atoms with Crippen LogP contribution in [0.25, 0.3) is 0 Å². The molecule has 2 aromatic carbocycles. The number of nitrogens with two attached hydrogens (primary N) is 1. The predicted octanol–water partition coefficient (Wildman–Crippen LogP) is 3.31. The molecule has 2 aromatic rings. The predicted molar refractivity (Wildman–Crippen MR) is 77.7 cm³/mol. The Bertz CT molecular complexity index is 566. The molecular formula is C14H13BrN2O. The van der Waals surface area contributed by atoms with Crippen molar-refractivity contribution in [1.29, 1.82) is 0 Å². The number of rotatable bonds is 2. The van der Waals surface area contributed by atoms with Crippen LogP contribution in [0.4, 0.5) is 11.4 Å². The van der Waals surface area contributed by atoms with Gasteiger partial charge in [0.15, 0.2) is 0 Å². The molecule has 3 nitrogen and oxygen atoms in total. The lowest BCUT2D eigenvalue weighted by molar-refractivity contribution is 0.0992. The number of halogens is 1. The van der Waals surface area contributed by atoms with Crippen LogP contribution in [-0.4, -0.2) is 13.0 Å². The Hall–Kier alpha value is -1.81. The van der Waals surface area contributed by atoms with Gasteiger partial charge in [0, 0.05) is 22.9 Å². The Labute approximate surface area is 114 Å². The van der Waals surface area contributed by atoms with Crippen LogP contribution in [0.3, 0.4) is 0 Å². The zero-order valence-corrected chi connectivity index (χ0v) is 11.5. The third kappa shape index (κ3) is 2.54. The van der Waals surface area contributed by atoms with Crippen molar-refractivity contribution >= 4 is 33.2 Å². The number of carbonyl (C=O) groups is 1. The van der Waals surface area contributed by atoms with Gasteiger partial charge in [-0.3, -0.25) is 4.79 Å². The number of amides is 1. The minimum atomic E-state index is -0.0627. The van der Waals surface area contributed by atoms with Crippen LogP contribution >= 0.6 is 15.9 Å². The van der Waals surface area contributed by atoms with Crippen molar-refractivity contribution in [2.75, 3.05) is 17.7 Å². The molecule has 0 spiro atoms. The highest BCUT2D eigenvalue weighted by atomic mass is 79.9. The third-order valence-electron chi connectivity index (χ3n) is 2.69. The molecule has 0 bridgehead atoms. The molecule has 0 aromatic heterocycles. The van der Waals surface area contributed by atoms with E-state index in [4.69, 9.17) is 5.73 Å². The lowest BCUT2D eigenvalue weighted by atomic mass is 10.2. The van der Waals surface area contributed by atoms with Crippen molar-refractivity contribution in [2.45, 2.75) is 0 Å². The number of anilines is 2. The normalized spacial score (nSPS) is 10.1. The van der Waals surface area contributed by atoms with E-state index in [-0.39, 0.29) is 5.91 Å². The summed E-state index contributed by atoms with van der Waals surface area (Å²) in [6.45, 7) is 0. The second-order valence-corrected chi connectivity index (χ2v) is 4.79. The number of hydrogen-bond donors (Lipinski definition) is 1. The van der Waals surface area contributed by atoms with Crippen LogP contribution in [0.2, 0.25) is 0 Å². The van der Waals surface area contributed by atoms with E-state index in [1.54, 1.807) is 30.1 Å². The summed E-state index contributed by atoms with van der Waals surface area (Å²) >= 11 is 3.38. The molecule has 0 atom stereocenters. The van der Waals surface area contributed by atoms with E-state index in [9.17, 15) is 4.79 Å². The summed E-state index contributed by atoms with van der Waals surface area (Å²) in [6.07, 6.45) is 0. The molecule has 1 amide bonds. The molecule has 0 aliphatic carbocycles. The average Bonchev–Trinajstić information content (AvgIpc) is 2.38. The van der Waals surface area contributed by atoms with E-state index in [2.05, 4.69) is 15.9 Å². The molecular weight excluding hydrogens is 292 g/mol. The summed E-state index contributed by atoms with van der Waals surface area (Å²) in [5, 5.41) is 0. The van der Waals surface area contributed by atoms with Gasteiger partial charge in [-0.1, -0.05) is 12.1 Å². The van der Waals surface area contributed by atoms with Crippen LogP contribution in [-0.2, 0) is 0 Å². The average molecular weight is 305 g/mol. The highest BCUT2D eigenvalue weighted by Crippen LogP contribution is 2.21. The molecule has 18 heavy (non-hydrogen) atoms. The number of nitrogen functional groups attached to an aromatic ring is 1. The van der Waals surface area contributed by atoms with Gasteiger partial charge < -0.3 is 10.6 Å². The Kier molecular flexibility index (Phi) is 3.67. The molecule has 0 aliphatic heterocycles. The summed E-state index contributed by atoms with van der Waals surface area (Å²) in [7, 11) is 1.74. The Morgan fingerprint density at radius 3 is 2.33 bits per heavy atom. The van der Waals surface area contributed by atoms with Crippen LogP contribution in [0, 0.1) is 0 Å². The van der Waals surface area contributed by atoms with Gasteiger partial charge in [-0.2, -0.15) is 0 Å². The quantitative estimate of drug-likeness (QED) is 0.865. The monoisotopic (exact) mass is 304 g/mol. The summed E-state index contributed by atoms with van der Waals surface area (Å²) in [5.74, 6) is -0.0627. The summed E-state index contributed by atoms with van der Waals surface area (Å²) in [4.78, 5) is 13.9. The molecule has 0 unspecified atom stereocenters. The largest absolute Gasteiger partial charge is 0.399 e. The molecule has 0 fully saturated rings. The Morgan fingerprint density at radius 2 is 1.72 bits per heavy atom. The van der Waals surface area contributed by atoms with Gasteiger partial charge in [0.25, 0.3) is 5.91 Å². The first-order valence-electron chi connectivity index (χ1n) is 5.47. The fourth-order valence-corrected chi connectivity index (χ4v) is 2.08. The smallest absolute Gasteiger partial charge is 0.259 e. The zero-order valence-electron chi connectivity index (χ0n) is 9.93. The van der Waals surface area contributed by atoms with Crippen molar-refractivity contribution in [2.24, 2.45) is 0 Å². The lowest BCUT2D eigenvalue weighted by Crippen LogP contribution is -2.26. The molecule has 0 aliphatic rings. The van der Waals surface area contributed by atoms with E-state index in [1.165, 1.54) is 0 Å². The molecule has 92 valence electrons. The first kappa shape index (κ1) is 12.6. The molecule has 4 heteroatoms. The maximum atomic E-state index is 12.3. The van der Waals surface area contributed by atoms with Crippen LogP contribution < -0.4 is 10.6 Å². The van der Waals surface area contributed by atoms with Gasteiger partial charge in [-0.25, -0.2) is 0 Å². The maximum absolute atomic E-state index is 12.3. The summed E-state index contributed by atoms with van der Waals surface area (Å²) in [6, 6.07) is 14.6. The minimum Gasteiger partial charge on any atom is -0.399 e. The highest BCUT2D eigenvalue weighted by molar-refractivity contribution is 9.10. The van der Waals surface area contributed by atoms with Gasteiger partial charge in [-0.15, -0.1) is 0 Å². The van der Waals surface area contributed by atoms with Gasteiger partial charge in [0.2, 0.25) is 0 Å². The Morgan fingerprint density at radius 1 is 1.11 bits per heavy atom. The van der Waals surface area contributed by atoms with Gasteiger partial charge >= 0.3 is 0 Å². The molecule has 0 radical (unpaired) electrons. The number of nitrogens with zero attached hydrogens (tertiary/aromatic N) is 1. The number of benzene rings is 2. The first-order valence-corrected chi connectivity index (χ1v) is 6.27. The van der Waals surface area contributed by atoms with Gasteiger partial charge in [-0.05, 0) is 52.3 Å². The van der Waals surface area contributed by atoms with Crippen molar-refractivity contribution in [3.05, 3.63) is 58.6 Å². The second-order valence-electron chi connectivity index (χ2n) is 3.94. The minimum absolute atomic E-state index is 0.0627. The third-order valence-corrected chi connectivity index (χ3v) is 3.38. The van der Waals surface area contributed by atoms with E-state index in [0.717, 1.165) is 10.2 Å². The summed E-state index contributed by atoms with van der Waals surface area (Å²) in [5.41, 5.74) is 7.75. The van der Waals surface area contributed by atoms with Gasteiger partial charge in [0.05, 0.1) is 5.56 Å². The van der Waals surface area contributed by atoms with Crippen molar-refractivity contribution in [1.82, 2.24) is 0 Å². The van der Waals surface area contributed by atoms with Crippen LogP contribution in [0.15, 0.2) is 53.0 Å². The first-order chi connectivity index (χ1) is 8.59. The molecule has 2 rings (SSSR count). The van der Waals surface area contributed by atoms with Crippen LogP contribution in [0.5, 0.6) is 0 Å². The van der Waals surface area contributed by atoms with Crippen molar-refractivity contribution in [3.63, 3.8) is 0 Å². The number of carbonyl (C=O) groups excluding carboxylic acids is 1. The molecule has 0 heterocycles. The fourth-order valence-electron chi connectivity index (χ4n) is 1.63. The van der Waals surface area contributed by atoms with Crippen LogP contribution in [0.1, 0.15) is 10.4 Å². The lowest BCUT2D eigenvalue weighted by Gasteiger charge is -2.18. The highest BCUT2D eigenvalue weighted by Gasteiger charge is 2.15. The van der Waals surface area contributed by atoms with Crippen molar-refractivity contribution in [3.8, 4) is 0 Å².